The number of para-hydroxylation sites is 1. The third-order valence-electron chi connectivity index (χ3n) is 3.60. The molecule has 7 heteroatoms. The van der Waals surface area contributed by atoms with Crippen LogP contribution in [0.5, 0.6) is 5.75 Å². The molecule has 25 heavy (non-hydrogen) atoms. The minimum absolute atomic E-state index is 0.258. The van der Waals surface area contributed by atoms with Crippen LogP contribution in [0.25, 0.3) is 0 Å². The molecule has 1 atom stereocenters. The van der Waals surface area contributed by atoms with Crippen LogP contribution in [-0.4, -0.2) is 33.8 Å². The van der Waals surface area contributed by atoms with Crippen molar-refractivity contribution in [1.82, 2.24) is 15.5 Å². The number of aryl methyl sites for hydroxylation is 2. The zero-order chi connectivity index (χ0) is 18.6. The molecule has 0 saturated heterocycles. The lowest BCUT2D eigenvalue weighted by Crippen LogP contribution is -2.34. The monoisotopic (exact) mass is 343 g/mol. The number of ether oxygens (including phenoxy) is 1. The number of aliphatic carboxylic acids is 1. The molecule has 132 valence electrons. The van der Waals surface area contributed by atoms with Crippen LogP contribution in [0.3, 0.4) is 0 Å². The van der Waals surface area contributed by atoms with E-state index in [2.05, 4.69) is 22.1 Å². The van der Waals surface area contributed by atoms with Crippen molar-refractivity contribution >= 4 is 11.9 Å². The Labute approximate surface area is 145 Å². The lowest BCUT2D eigenvalue weighted by molar-refractivity contribution is -0.139. The van der Waals surface area contributed by atoms with Crippen LogP contribution < -0.4 is 10.1 Å². The molecule has 0 aliphatic carbocycles. The molecular weight excluding hydrogens is 322 g/mol. The Morgan fingerprint density at radius 1 is 1.36 bits per heavy atom. The van der Waals surface area contributed by atoms with Crippen LogP contribution in [0.15, 0.2) is 36.4 Å². The van der Waals surface area contributed by atoms with Crippen molar-refractivity contribution < 1.29 is 19.4 Å². The molecule has 0 spiro atoms. The standard InChI is InChI=1S/C18H21N3O4/c1-10(2)9-25-14-8-6-5-7-13(14)17(22)19-16(18(23)24)15-11(3)20-21-12(15)4/h5-8,16H,1,9H2,2-4H3,(H,19,22)(H,20,21)(H,23,24)/t16-/m1/s1. The van der Waals surface area contributed by atoms with E-state index >= 15 is 0 Å². The second-order valence-electron chi connectivity index (χ2n) is 5.83. The molecule has 1 aromatic carbocycles. The van der Waals surface area contributed by atoms with Gasteiger partial charge in [-0.05, 0) is 38.5 Å². The summed E-state index contributed by atoms with van der Waals surface area (Å²) in [6, 6.07) is 5.45. The first-order chi connectivity index (χ1) is 11.8. The van der Waals surface area contributed by atoms with Crippen LogP contribution in [0.4, 0.5) is 0 Å². The summed E-state index contributed by atoms with van der Waals surface area (Å²) in [7, 11) is 0. The van der Waals surface area contributed by atoms with Gasteiger partial charge in [-0.3, -0.25) is 9.89 Å². The minimum atomic E-state index is -1.21. The van der Waals surface area contributed by atoms with E-state index in [4.69, 9.17) is 4.74 Å². The molecule has 0 aliphatic heterocycles. The van der Waals surface area contributed by atoms with Gasteiger partial charge >= 0.3 is 5.97 Å². The van der Waals surface area contributed by atoms with E-state index in [0.717, 1.165) is 5.57 Å². The van der Waals surface area contributed by atoms with Gasteiger partial charge in [-0.1, -0.05) is 18.7 Å². The molecule has 1 aromatic heterocycles. The summed E-state index contributed by atoms with van der Waals surface area (Å²) < 4.78 is 5.57. The van der Waals surface area contributed by atoms with E-state index in [9.17, 15) is 14.7 Å². The molecular formula is C18H21N3O4. The van der Waals surface area contributed by atoms with Gasteiger partial charge in [0.15, 0.2) is 6.04 Å². The summed E-state index contributed by atoms with van der Waals surface area (Å²) in [6.45, 7) is 9.23. The van der Waals surface area contributed by atoms with Crippen molar-refractivity contribution in [1.29, 1.82) is 0 Å². The predicted molar refractivity (Wildman–Crippen MR) is 92.7 cm³/mol. The Kier molecular flexibility index (Phi) is 5.59. The van der Waals surface area contributed by atoms with Gasteiger partial charge in [0.2, 0.25) is 0 Å². The molecule has 0 fully saturated rings. The number of nitrogens with zero attached hydrogens (tertiary/aromatic N) is 1. The molecule has 0 bridgehead atoms. The molecule has 1 heterocycles. The molecule has 0 aliphatic rings. The van der Waals surface area contributed by atoms with E-state index in [1.54, 1.807) is 38.1 Å². The quantitative estimate of drug-likeness (QED) is 0.670. The SMILES string of the molecule is C=C(C)COc1ccccc1C(=O)N[C@@H](C(=O)O)c1c(C)n[nH]c1C. The highest BCUT2D eigenvalue weighted by Gasteiger charge is 2.28. The molecule has 0 saturated carbocycles. The van der Waals surface area contributed by atoms with Gasteiger partial charge in [0.25, 0.3) is 5.91 Å². The largest absolute Gasteiger partial charge is 0.488 e. The maximum atomic E-state index is 12.6. The Hall–Kier alpha value is -3.09. The number of carboxylic acids is 1. The van der Waals surface area contributed by atoms with Crippen LogP contribution in [-0.2, 0) is 4.79 Å². The second-order valence-corrected chi connectivity index (χ2v) is 5.83. The van der Waals surface area contributed by atoms with Crippen LogP contribution in [0.2, 0.25) is 0 Å². The number of amides is 1. The fourth-order valence-electron chi connectivity index (χ4n) is 2.43. The summed E-state index contributed by atoms with van der Waals surface area (Å²) in [4.78, 5) is 24.3. The van der Waals surface area contributed by atoms with E-state index in [1.165, 1.54) is 0 Å². The Balaban J connectivity index is 2.28. The Bertz CT molecular complexity index is 791. The number of aromatic amines is 1. The third kappa shape index (κ3) is 4.26. The highest BCUT2D eigenvalue weighted by atomic mass is 16.5. The van der Waals surface area contributed by atoms with Crippen molar-refractivity contribution in [3.63, 3.8) is 0 Å². The van der Waals surface area contributed by atoms with Crippen LogP contribution >= 0.6 is 0 Å². The van der Waals surface area contributed by atoms with Gasteiger partial charge in [0, 0.05) is 11.3 Å². The molecule has 0 radical (unpaired) electrons. The molecule has 7 nitrogen and oxygen atoms in total. The van der Waals surface area contributed by atoms with Gasteiger partial charge in [-0.25, -0.2) is 4.79 Å². The number of carbonyl (C=O) groups excluding carboxylic acids is 1. The number of hydrogen-bond acceptors (Lipinski definition) is 4. The van der Waals surface area contributed by atoms with Gasteiger partial charge in [-0.2, -0.15) is 5.10 Å². The molecule has 3 N–H and O–H groups in total. The average molecular weight is 343 g/mol. The van der Waals surface area contributed by atoms with Crippen molar-refractivity contribution in [2.45, 2.75) is 26.8 Å². The van der Waals surface area contributed by atoms with Gasteiger partial charge in [0.05, 0.1) is 11.3 Å². The number of carboxylic acid groups (broad SMARTS) is 1. The third-order valence-corrected chi connectivity index (χ3v) is 3.60. The number of hydrogen-bond donors (Lipinski definition) is 3. The Morgan fingerprint density at radius 2 is 2.04 bits per heavy atom. The number of nitrogens with one attached hydrogen (secondary N) is 2. The smallest absolute Gasteiger partial charge is 0.331 e. The summed E-state index contributed by atoms with van der Waals surface area (Å²) in [5, 5.41) is 18.8. The van der Waals surface area contributed by atoms with E-state index < -0.39 is 17.9 Å². The molecule has 2 rings (SSSR count). The first-order valence-corrected chi connectivity index (χ1v) is 7.72. The topological polar surface area (TPSA) is 104 Å². The normalized spacial score (nSPS) is 11.6. The van der Waals surface area contributed by atoms with Crippen molar-refractivity contribution in [2.24, 2.45) is 0 Å². The number of H-pyrrole nitrogens is 1. The number of carbonyl (C=O) groups is 2. The fraction of sp³-hybridized carbons (Fsp3) is 0.278. The summed E-state index contributed by atoms with van der Waals surface area (Å²) in [6.07, 6.45) is 0. The summed E-state index contributed by atoms with van der Waals surface area (Å²) in [5.74, 6) is -1.33. The lowest BCUT2D eigenvalue weighted by Gasteiger charge is -2.17. The van der Waals surface area contributed by atoms with E-state index in [-0.39, 0.29) is 12.2 Å². The maximum Gasteiger partial charge on any atom is 0.331 e. The highest BCUT2D eigenvalue weighted by molar-refractivity contribution is 5.99. The Morgan fingerprint density at radius 3 is 2.60 bits per heavy atom. The first kappa shape index (κ1) is 18.3. The highest BCUT2D eigenvalue weighted by Crippen LogP contribution is 2.23. The first-order valence-electron chi connectivity index (χ1n) is 7.72. The van der Waals surface area contributed by atoms with Crippen LogP contribution in [0.1, 0.15) is 40.3 Å². The molecule has 0 unspecified atom stereocenters. The van der Waals surface area contributed by atoms with E-state index in [1.807, 2.05) is 6.92 Å². The van der Waals surface area contributed by atoms with Crippen molar-refractivity contribution in [3.05, 3.63) is 58.9 Å². The van der Waals surface area contributed by atoms with Gasteiger partial charge < -0.3 is 15.2 Å². The summed E-state index contributed by atoms with van der Waals surface area (Å²) >= 11 is 0. The molecule has 1 amide bonds. The maximum absolute atomic E-state index is 12.6. The number of rotatable bonds is 7. The minimum Gasteiger partial charge on any atom is -0.488 e. The fourth-order valence-corrected chi connectivity index (χ4v) is 2.43. The molecule has 2 aromatic rings. The number of aromatic nitrogens is 2. The van der Waals surface area contributed by atoms with Crippen molar-refractivity contribution in [2.75, 3.05) is 6.61 Å². The predicted octanol–water partition coefficient (Wildman–Crippen LogP) is 2.54. The van der Waals surface area contributed by atoms with Gasteiger partial charge in [0.1, 0.15) is 12.4 Å². The zero-order valence-corrected chi connectivity index (χ0v) is 14.4. The van der Waals surface area contributed by atoms with E-state index in [0.29, 0.717) is 22.7 Å². The second kappa shape index (κ2) is 7.65. The zero-order valence-electron chi connectivity index (χ0n) is 14.4. The lowest BCUT2D eigenvalue weighted by atomic mass is 10.0. The summed E-state index contributed by atoms with van der Waals surface area (Å²) in [5.41, 5.74) is 2.63. The van der Waals surface area contributed by atoms with Crippen molar-refractivity contribution in [3.8, 4) is 5.75 Å². The average Bonchev–Trinajstić information content (AvgIpc) is 2.89. The van der Waals surface area contributed by atoms with Gasteiger partial charge in [-0.15, -0.1) is 0 Å². The van der Waals surface area contributed by atoms with Crippen LogP contribution in [0, 0.1) is 13.8 Å². The number of benzene rings is 1.